The highest BCUT2D eigenvalue weighted by molar-refractivity contribution is 5.97. The molecule has 0 radical (unpaired) electrons. The van der Waals surface area contributed by atoms with Gasteiger partial charge in [-0.3, -0.25) is 19.9 Å². The van der Waals surface area contributed by atoms with Crippen molar-refractivity contribution in [2.45, 2.75) is 6.42 Å². The molecule has 6 heterocycles. The fraction of sp³-hybridized carbons (Fsp3) is 0.0345. The summed E-state index contributed by atoms with van der Waals surface area (Å²) in [6.07, 6.45) is 10.4. The molecule has 0 aliphatic heterocycles. The molecular weight excluding hydrogens is 492 g/mol. The fourth-order valence-corrected chi connectivity index (χ4v) is 4.57. The number of rotatable bonds is 6. The van der Waals surface area contributed by atoms with Crippen LogP contribution in [0.5, 0.6) is 0 Å². The number of nitrogens with one attached hydrogen (secondary N) is 3. The molecular formula is C29H20N8O2. The van der Waals surface area contributed by atoms with Crippen LogP contribution in [0.4, 0.5) is 5.69 Å². The highest BCUT2D eigenvalue weighted by Crippen LogP contribution is 2.32. The zero-order valence-electron chi connectivity index (χ0n) is 20.4. The van der Waals surface area contributed by atoms with Gasteiger partial charge in [0.25, 0.3) is 0 Å². The number of anilines is 1. The Bertz CT molecular complexity index is 1940. The number of fused-ring (bicyclic) bond motifs is 2. The smallest absolute Gasteiger partial charge is 0.228 e. The minimum atomic E-state index is -0.117. The Labute approximate surface area is 221 Å². The lowest BCUT2D eigenvalue weighted by Gasteiger charge is -2.07. The molecule has 7 aromatic rings. The van der Waals surface area contributed by atoms with Crippen LogP contribution in [-0.4, -0.2) is 41.0 Å². The lowest BCUT2D eigenvalue weighted by molar-refractivity contribution is -0.115. The largest absolute Gasteiger partial charge is 0.472 e. The predicted molar refractivity (Wildman–Crippen MR) is 146 cm³/mol. The number of aromatic amines is 2. The number of hydrogen-bond donors (Lipinski definition) is 3. The van der Waals surface area contributed by atoms with Gasteiger partial charge in [-0.15, -0.1) is 0 Å². The van der Waals surface area contributed by atoms with E-state index in [-0.39, 0.29) is 12.3 Å². The molecule has 0 aliphatic carbocycles. The van der Waals surface area contributed by atoms with E-state index in [4.69, 9.17) is 9.40 Å². The van der Waals surface area contributed by atoms with Gasteiger partial charge in [0, 0.05) is 34.5 Å². The Morgan fingerprint density at radius 3 is 2.77 bits per heavy atom. The molecule has 0 bridgehead atoms. The third-order valence-corrected chi connectivity index (χ3v) is 6.42. The average molecular weight is 513 g/mol. The second-order valence-corrected chi connectivity index (χ2v) is 9.01. The number of furan rings is 1. The predicted octanol–water partition coefficient (Wildman–Crippen LogP) is 5.40. The first kappa shape index (κ1) is 22.5. The molecule has 0 atom stereocenters. The number of carbonyl (C=O) groups is 1. The van der Waals surface area contributed by atoms with Crippen LogP contribution < -0.4 is 5.32 Å². The van der Waals surface area contributed by atoms with Gasteiger partial charge >= 0.3 is 0 Å². The minimum Gasteiger partial charge on any atom is -0.472 e. The Balaban J connectivity index is 1.21. The van der Waals surface area contributed by atoms with E-state index in [2.05, 4.69) is 35.5 Å². The fourth-order valence-electron chi connectivity index (χ4n) is 4.57. The van der Waals surface area contributed by atoms with E-state index >= 15 is 0 Å². The Kier molecular flexibility index (Phi) is 5.40. The molecule has 0 fully saturated rings. The first-order valence-corrected chi connectivity index (χ1v) is 12.2. The van der Waals surface area contributed by atoms with Gasteiger partial charge in [-0.25, -0.2) is 9.97 Å². The maximum Gasteiger partial charge on any atom is 0.228 e. The molecule has 10 heteroatoms. The third-order valence-electron chi connectivity index (χ3n) is 6.42. The number of amides is 1. The summed E-state index contributed by atoms with van der Waals surface area (Å²) in [5.41, 5.74) is 7.63. The van der Waals surface area contributed by atoms with Gasteiger partial charge in [0.15, 0.2) is 11.5 Å². The lowest BCUT2D eigenvalue weighted by atomic mass is 10.1. The maximum absolute atomic E-state index is 12.6. The number of benzene rings is 1. The van der Waals surface area contributed by atoms with E-state index in [1.807, 2.05) is 54.6 Å². The third kappa shape index (κ3) is 4.29. The van der Waals surface area contributed by atoms with Gasteiger partial charge in [0.1, 0.15) is 5.69 Å². The summed E-state index contributed by atoms with van der Waals surface area (Å²) >= 11 is 0. The molecule has 6 aromatic heterocycles. The van der Waals surface area contributed by atoms with Crippen molar-refractivity contribution >= 4 is 33.7 Å². The summed E-state index contributed by atoms with van der Waals surface area (Å²) in [6, 6.07) is 17.2. The minimum absolute atomic E-state index is 0.117. The van der Waals surface area contributed by atoms with E-state index < -0.39 is 0 Å². The van der Waals surface area contributed by atoms with E-state index in [0.29, 0.717) is 28.5 Å². The molecule has 1 amide bonds. The first-order valence-electron chi connectivity index (χ1n) is 12.2. The van der Waals surface area contributed by atoms with Gasteiger partial charge in [0.05, 0.1) is 53.8 Å². The topological polar surface area (TPSA) is 138 Å². The highest BCUT2D eigenvalue weighted by Gasteiger charge is 2.17. The van der Waals surface area contributed by atoms with Crippen molar-refractivity contribution in [3.8, 4) is 33.9 Å². The summed E-state index contributed by atoms with van der Waals surface area (Å²) in [5, 5.41) is 11.3. The first-order chi connectivity index (χ1) is 19.2. The van der Waals surface area contributed by atoms with Gasteiger partial charge in [-0.2, -0.15) is 5.10 Å². The standard InChI is InChI=1S/C29H20N8O2/c38-25(10-17-4-2-1-3-5-17)33-20-11-19(13-30-14-20)23-12-22-24(15-32-23)36-37-27(22)29-34-26-21(18-7-9-39-16-18)6-8-31-28(26)35-29/h1-9,11-16H,10H2,(H,33,38)(H,36,37)(H,31,34,35). The van der Waals surface area contributed by atoms with E-state index in [1.165, 1.54) is 0 Å². The lowest BCUT2D eigenvalue weighted by Crippen LogP contribution is -2.14. The van der Waals surface area contributed by atoms with Crippen LogP contribution in [0.2, 0.25) is 0 Å². The monoisotopic (exact) mass is 512 g/mol. The van der Waals surface area contributed by atoms with Crippen LogP contribution in [0.25, 0.3) is 56.0 Å². The van der Waals surface area contributed by atoms with Crippen LogP contribution in [0, 0.1) is 0 Å². The summed E-state index contributed by atoms with van der Waals surface area (Å²) in [7, 11) is 0. The summed E-state index contributed by atoms with van der Waals surface area (Å²) in [6.45, 7) is 0. The second-order valence-electron chi connectivity index (χ2n) is 9.01. The van der Waals surface area contributed by atoms with E-state index in [0.717, 1.165) is 38.7 Å². The molecule has 7 rings (SSSR count). The van der Waals surface area contributed by atoms with Gasteiger partial charge in [-0.1, -0.05) is 30.3 Å². The second kappa shape index (κ2) is 9.34. The van der Waals surface area contributed by atoms with Crippen molar-refractivity contribution in [3.63, 3.8) is 0 Å². The summed E-state index contributed by atoms with van der Waals surface area (Å²) in [5.74, 6) is 0.464. The Morgan fingerprint density at radius 1 is 0.974 bits per heavy atom. The van der Waals surface area contributed by atoms with Crippen molar-refractivity contribution < 1.29 is 9.21 Å². The molecule has 0 spiro atoms. The van der Waals surface area contributed by atoms with Crippen LogP contribution in [-0.2, 0) is 11.2 Å². The van der Waals surface area contributed by atoms with Crippen LogP contribution in [0.3, 0.4) is 0 Å². The van der Waals surface area contributed by atoms with Gasteiger partial charge in [0.2, 0.25) is 5.91 Å². The molecule has 188 valence electrons. The van der Waals surface area contributed by atoms with Crippen molar-refractivity contribution in [1.29, 1.82) is 0 Å². The zero-order chi connectivity index (χ0) is 26.2. The number of carbonyl (C=O) groups excluding carboxylic acids is 1. The van der Waals surface area contributed by atoms with E-state index in [9.17, 15) is 4.79 Å². The normalized spacial score (nSPS) is 11.3. The molecule has 1 aromatic carbocycles. The molecule has 3 N–H and O–H groups in total. The molecule has 0 aliphatic rings. The number of pyridine rings is 3. The number of hydrogen-bond acceptors (Lipinski definition) is 7. The summed E-state index contributed by atoms with van der Waals surface area (Å²) < 4.78 is 5.26. The Hall–Kier alpha value is -5.64. The summed E-state index contributed by atoms with van der Waals surface area (Å²) in [4.78, 5) is 34.0. The van der Waals surface area contributed by atoms with Crippen molar-refractivity contribution in [3.05, 3.63) is 97.5 Å². The highest BCUT2D eigenvalue weighted by atomic mass is 16.3. The number of imidazole rings is 1. The van der Waals surface area contributed by atoms with Crippen LogP contribution >= 0.6 is 0 Å². The van der Waals surface area contributed by atoms with Crippen molar-refractivity contribution in [2.75, 3.05) is 5.32 Å². The zero-order valence-corrected chi connectivity index (χ0v) is 20.4. The Morgan fingerprint density at radius 2 is 1.90 bits per heavy atom. The van der Waals surface area contributed by atoms with Gasteiger partial charge < -0.3 is 14.7 Å². The molecule has 10 nitrogen and oxygen atoms in total. The number of nitrogens with zero attached hydrogens (tertiary/aromatic N) is 5. The molecule has 0 saturated carbocycles. The van der Waals surface area contributed by atoms with Crippen molar-refractivity contribution in [2.24, 2.45) is 0 Å². The van der Waals surface area contributed by atoms with E-state index in [1.54, 1.807) is 37.3 Å². The number of aromatic nitrogens is 7. The van der Waals surface area contributed by atoms with Crippen LogP contribution in [0.15, 0.2) is 96.3 Å². The average Bonchev–Trinajstić information content (AvgIpc) is 3.73. The quantitative estimate of drug-likeness (QED) is 0.271. The SMILES string of the molecule is O=C(Cc1ccccc1)Nc1cncc(-c2cc3c(-c4nc5nccc(-c6ccoc6)c5[nH]4)n[nH]c3cn2)c1. The van der Waals surface area contributed by atoms with Crippen LogP contribution in [0.1, 0.15) is 5.56 Å². The maximum atomic E-state index is 12.6. The number of H-pyrrole nitrogens is 2. The molecule has 39 heavy (non-hydrogen) atoms. The van der Waals surface area contributed by atoms with Gasteiger partial charge in [-0.05, 0) is 29.8 Å². The molecule has 0 saturated heterocycles. The molecule has 0 unspecified atom stereocenters. The van der Waals surface area contributed by atoms with Crippen molar-refractivity contribution in [1.82, 2.24) is 35.1 Å².